The Balaban J connectivity index is 2.69. The van der Waals surface area contributed by atoms with E-state index in [2.05, 4.69) is 0 Å². The van der Waals surface area contributed by atoms with Crippen LogP contribution in [-0.2, 0) is 0 Å². The molecule has 0 unspecified atom stereocenters. The van der Waals surface area contributed by atoms with E-state index in [0.717, 1.165) is 6.07 Å². The molecular formula is C14H9F3O3. The van der Waals surface area contributed by atoms with Crippen LogP contribution < -0.4 is 4.74 Å². The van der Waals surface area contributed by atoms with Gasteiger partial charge in [0.1, 0.15) is 23.2 Å². The Labute approximate surface area is 112 Å². The SMILES string of the molecule is COc1cc(C(=O)O)cc(-c2c(F)cc(F)cc2F)c1. The highest BCUT2D eigenvalue weighted by atomic mass is 19.1. The summed E-state index contributed by atoms with van der Waals surface area (Å²) in [7, 11) is 1.29. The molecule has 0 aliphatic heterocycles. The van der Waals surface area contributed by atoms with Crippen molar-refractivity contribution < 1.29 is 27.8 Å². The number of carboxylic acids is 1. The number of carbonyl (C=O) groups is 1. The molecule has 0 radical (unpaired) electrons. The van der Waals surface area contributed by atoms with Gasteiger partial charge in [-0.25, -0.2) is 18.0 Å². The van der Waals surface area contributed by atoms with Crippen molar-refractivity contribution in [3.8, 4) is 16.9 Å². The number of halogens is 3. The molecule has 1 N–H and O–H groups in total. The van der Waals surface area contributed by atoms with Crippen LogP contribution in [0.2, 0.25) is 0 Å². The molecule has 20 heavy (non-hydrogen) atoms. The molecule has 0 saturated carbocycles. The average Bonchev–Trinajstić information content (AvgIpc) is 2.37. The fraction of sp³-hybridized carbons (Fsp3) is 0.0714. The van der Waals surface area contributed by atoms with Crippen LogP contribution in [0.25, 0.3) is 11.1 Å². The summed E-state index contributed by atoms with van der Waals surface area (Å²) in [5, 5.41) is 8.96. The molecule has 0 bridgehead atoms. The van der Waals surface area contributed by atoms with E-state index < -0.39 is 29.0 Å². The molecule has 0 heterocycles. The van der Waals surface area contributed by atoms with Gasteiger partial charge in [-0.1, -0.05) is 0 Å². The van der Waals surface area contributed by atoms with Gasteiger partial charge in [-0.05, 0) is 23.8 Å². The minimum Gasteiger partial charge on any atom is -0.497 e. The lowest BCUT2D eigenvalue weighted by molar-refractivity contribution is 0.0696. The predicted molar refractivity (Wildman–Crippen MR) is 65.3 cm³/mol. The van der Waals surface area contributed by atoms with E-state index >= 15 is 0 Å². The second-order valence-corrected chi connectivity index (χ2v) is 4.00. The van der Waals surface area contributed by atoms with Gasteiger partial charge in [0.05, 0.1) is 18.2 Å². The Kier molecular flexibility index (Phi) is 3.65. The van der Waals surface area contributed by atoms with E-state index in [1.807, 2.05) is 0 Å². The Hall–Kier alpha value is -2.50. The Morgan fingerprint density at radius 1 is 1.05 bits per heavy atom. The number of hydrogen-bond acceptors (Lipinski definition) is 2. The van der Waals surface area contributed by atoms with Crippen molar-refractivity contribution in [3.63, 3.8) is 0 Å². The molecule has 104 valence electrons. The van der Waals surface area contributed by atoms with Crippen molar-refractivity contribution in [2.24, 2.45) is 0 Å². The molecule has 0 aromatic heterocycles. The van der Waals surface area contributed by atoms with Crippen molar-refractivity contribution >= 4 is 5.97 Å². The van der Waals surface area contributed by atoms with Gasteiger partial charge in [-0.2, -0.15) is 0 Å². The number of methoxy groups -OCH3 is 1. The molecule has 2 aromatic carbocycles. The van der Waals surface area contributed by atoms with Crippen molar-refractivity contribution in [2.75, 3.05) is 7.11 Å². The summed E-state index contributed by atoms with van der Waals surface area (Å²) in [5.41, 5.74) is -0.743. The standard InChI is InChI=1S/C14H9F3O3/c1-20-10-3-7(2-8(4-10)14(18)19)13-11(16)5-9(15)6-12(13)17/h2-6H,1H3,(H,18,19). The normalized spacial score (nSPS) is 10.4. The fourth-order valence-electron chi connectivity index (χ4n) is 1.80. The summed E-state index contributed by atoms with van der Waals surface area (Å²) >= 11 is 0. The zero-order chi connectivity index (χ0) is 14.9. The molecule has 3 nitrogen and oxygen atoms in total. The van der Waals surface area contributed by atoms with Crippen LogP contribution in [0.15, 0.2) is 30.3 Å². The molecule has 0 spiro atoms. The maximum atomic E-state index is 13.7. The van der Waals surface area contributed by atoms with Gasteiger partial charge in [-0.15, -0.1) is 0 Å². The topological polar surface area (TPSA) is 46.5 Å². The van der Waals surface area contributed by atoms with E-state index in [1.54, 1.807) is 0 Å². The van der Waals surface area contributed by atoms with E-state index in [0.29, 0.717) is 12.1 Å². The first-order valence-electron chi connectivity index (χ1n) is 5.49. The third-order valence-electron chi connectivity index (χ3n) is 2.68. The van der Waals surface area contributed by atoms with Crippen molar-refractivity contribution in [1.82, 2.24) is 0 Å². The highest BCUT2D eigenvalue weighted by Gasteiger charge is 2.16. The molecule has 0 aliphatic carbocycles. The van der Waals surface area contributed by atoms with E-state index in [-0.39, 0.29) is 16.9 Å². The quantitative estimate of drug-likeness (QED) is 0.937. The molecule has 0 amide bonds. The van der Waals surface area contributed by atoms with E-state index in [1.165, 1.54) is 19.2 Å². The fourth-order valence-corrected chi connectivity index (χ4v) is 1.80. The van der Waals surface area contributed by atoms with Crippen LogP contribution in [0.4, 0.5) is 13.2 Å². The van der Waals surface area contributed by atoms with Crippen LogP contribution >= 0.6 is 0 Å². The lowest BCUT2D eigenvalue weighted by Crippen LogP contribution is -2.00. The maximum absolute atomic E-state index is 13.7. The number of benzene rings is 2. The van der Waals surface area contributed by atoms with Gasteiger partial charge in [0.2, 0.25) is 0 Å². The molecule has 0 aliphatic rings. The third-order valence-corrected chi connectivity index (χ3v) is 2.68. The van der Waals surface area contributed by atoms with Crippen molar-refractivity contribution in [2.45, 2.75) is 0 Å². The van der Waals surface area contributed by atoms with Crippen LogP contribution in [0.3, 0.4) is 0 Å². The third kappa shape index (κ3) is 2.59. The zero-order valence-electron chi connectivity index (χ0n) is 10.3. The zero-order valence-corrected chi connectivity index (χ0v) is 10.3. The Bertz CT molecular complexity index is 660. The summed E-state index contributed by atoms with van der Waals surface area (Å²) in [5.74, 6) is -4.43. The Morgan fingerprint density at radius 2 is 1.65 bits per heavy atom. The smallest absolute Gasteiger partial charge is 0.335 e. The number of hydrogen-bond donors (Lipinski definition) is 1. The predicted octanol–water partition coefficient (Wildman–Crippen LogP) is 3.48. The average molecular weight is 282 g/mol. The van der Waals surface area contributed by atoms with Crippen LogP contribution in [-0.4, -0.2) is 18.2 Å². The van der Waals surface area contributed by atoms with Gasteiger partial charge < -0.3 is 9.84 Å². The number of rotatable bonds is 3. The minimum absolute atomic E-state index is 0.0447. The van der Waals surface area contributed by atoms with Crippen LogP contribution in [0.5, 0.6) is 5.75 Å². The molecule has 2 rings (SSSR count). The van der Waals surface area contributed by atoms with Gasteiger partial charge in [0.15, 0.2) is 0 Å². The lowest BCUT2D eigenvalue weighted by Gasteiger charge is -2.09. The van der Waals surface area contributed by atoms with Gasteiger partial charge >= 0.3 is 5.97 Å². The van der Waals surface area contributed by atoms with Gasteiger partial charge in [-0.3, -0.25) is 0 Å². The number of carboxylic acid groups (broad SMARTS) is 1. The van der Waals surface area contributed by atoms with Gasteiger partial charge in [0.25, 0.3) is 0 Å². The number of ether oxygens (including phenoxy) is 1. The van der Waals surface area contributed by atoms with Crippen LogP contribution in [0, 0.1) is 17.5 Å². The maximum Gasteiger partial charge on any atom is 0.335 e. The van der Waals surface area contributed by atoms with E-state index in [9.17, 15) is 18.0 Å². The highest BCUT2D eigenvalue weighted by Crippen LogP contribution is 2.31. The van der Waals surface area contributed by atoms with E-state index in [4.69, 9.17) is 9.84 Å². The molecular weight excluding hydrogens is 273 g/mol. The summed E-state index contributed by atoms with van der Waals surface area (Å²) in [6, 6.07) is 4.62. The Morgan fingerprint density at radius 3 is 2.15 bits per heavy atom. The van der Waals surface area contributed by atoms with Crippen molar-refractivity contribution in [1.29, 1.82) is 0 Å². The number of aromatic carboxylic acids is 1. The molecule has 2 aromatic rings. The first kappa shape index (κ1) is 13.9. The highest BCUT2D eigenvalue weighted by molar-refractivity contribution is 5.90. The second kappa shape index (κ2) is 5.24. The second-order valence-electron chi connectivity index (χ2n) is 4.00. The minimum atomic E-state index is -1.27. The molecule has 0 saturated heterocycles. The summed E-state index contributed by atoms with van der Waals surface area (Å²) in [6.07, 6.45) is 0. The monoisotopic (exact) mass is 282 g/mol. The molecule has 0 fully saturated rings. The molecule has 6 heteroatoms. The summed E-state index contributed by atoms with van der Waals surface area (Å²) in [4.78, 5) is 11.0. The van der Waals surface area contributed by atoms with Crippen LogP contribution in [0.1, 0.15) is 10.4 Å². The first-order chi connectivity index (χ1) is 9.42. The van der Waals surface area contributed by atoms with Crippen molar-refractivity contribution in [3.05, 3.63) is 53.3 Å². The molecule has 0 atom stereocenters. The summed E-state index contributed by atoms with van der Waals surface area (Å²) < 4.78 is 45.2. The lowest BCUT2D eigenvalue weighted by atomic mass is 10.0. The largest absolute Gasteiger partial charge is 0.497 e. The van der Waals surface area contributed by atoms with Gasteiger partial charge in [0, 0.05) is 12.1 Å². The summed E-state index contributed by atoms with van der Waals surface area (Å²) in [6.45, 7) is 0. The first-order valence-corrected chi connectivity index (χ1v) is 5.49.